The Balaban J connectivity index is 1.65. The number of methoxy groups -OCH3 is 1. The van der Waals surface area contributed by atoms with Crippen molar-refractivity contribution in [1.82, 2.24) is 9.80 Å². The normalized spacial score (nSPS) is 28.2. The first kappa shape index (κ1) is 18.0. The predicted molar refractivity (Wildman–Crippen MR) is 86.5 cm³/mol. The molecular weight excluding hydrogens is 328 g/mol. The number of fused-ring (bicyclic) bond motifs is 1. The van der Waals surface area contributed by atoms with Gasteiger partial charge in [0.15, 0.2) is 5.60 Å². The monoisotopic (exact) mass is 354 g/mol. The molecule has 0 aromatic carbocycles. The topological polar surface area (TPSA) is 85.4 Å². The first-order valence-electron chi connectivity index (χ1n) is 8.73. The van der Waals surface area contributed by atoms with Gasteiger partial charge in [0.1, 0.15) is 17.9 Å². The number of carbonyl (C=O) groups is 3. The van der Waals surface area contributed by atoms with E-state index in [1.807, 2.05) is 20.8 Å². The first-order valence-corrected chi connectivity index (χ1v) is 8.73. The number of nitrogens with zero attached hydrogens (tertiary/aromatic N) is 2. The van der Waals surface area contributed by atoms with Gasteiger partial charge in [-0.25, -0.2) is 9.59 Å². The van der Waals surface area contributed by atoms with Gasteiger partial charge in [-0.2, -0.15) is 0 Å². The largest absolute Gasteiger partial charge is 0.467 e. The number of likely N-dealkylation sites (tertiary alicyclic amines) is 1. The molecule has 0 radical (unpaired) electrons. The van der Waals surface area contributed by atoms with E-state index in [1.54, 1.807) is 4.90 Å². The number of hydrogen-bond donors (Lipinski definition) is 0. The Hall–Kier alpha value is -1.83. The summed E-state index contributed by atoms with van der Waals surface area (Å²) in [6.07, 6.45) is 1.26. The van der Waals surface area contributed by atoms with Crippen LogP contribution in [0.4, 0.5) is 4.79 Å². The zero-order valence-electron chi connectivity index (χ0n) is 15.2. The molecule has 1 spiro atoms. The molecule has 25 heavy (non-hydrogen) atoms. The second-order valence-electron chi connectivity index (χ2n) is 7.86. The number of carbonyl (C=O) groups excluding carboxylic acids is 3. The molecule has 0 saturated carbocycles. The summed E-state index contributed by atoms with van der Waals surface area (Å²) in [6.45, 7) is 6.25. The summed E-state index contributed by atoms with van der Waals surface area (Å²) in [5, 5.41) is 0. The van der Waals surface area contributed by atoms with Gasteiger partial charge in [0, 0.05) is 25.9 Å². The van der Waals surface area contributed by atoms with E-state index >= 15 is 0 Å². The van der Waals surface area contributed by atoms with E-state index in [1.165, 1.54) is 12.0 Å². The number of esters is 1. The fourth-order valence-electron chi connectivity index (χ4n) is 3.79. The smallest absolute Gasteiger partial charge is 0.410 e. The Morgan fingerprint density at radius 3 is 2.40 bits per heavy atom. The minimum atomic E-state index is -0.935. The first-order chi connectivity index (χ1) is 11.7. The number of ether oxygens (including phenoxy) is 3. The summed E-state index contributed by atoms with van der Waals surface area (Å²) in [5.74, 6) is -0.558. The highest BCUT2D eigenvalue weighted by Crippen LogP contribution is 2.43. The van der Waals surface area contributed by atoms with E-state index in [0.29, 0.717) is 38.8 Å². The highest BCUT2D eigenvalue weighted by molar-refractivity contribution is 5.92. The number of hydrogen-bond acceptors (Lipinski definition) is 6. The van der Waals surface area contributed by atoms with Crippen molar-refractivity contribution in [2.45, 2.75) is 69.9 Å². The third-order valence-electron chi connectivity index (χ3n) is 5.02. The molecule has 0 aromatic heterocycles. The molecule has 3 fully saturated rings. The van der Waals surface area contributed by atoms with E-state index < -0.39 is 23.2 Å². The van der Waals surface area contributed by atoms with Gasteiger partial charge in [0.25, 0.3) is 5.91 Å². The summed E-state index contributed by atoms with van der Waals surface area (Å²) in [6, 6.07) is -0.564. The van der Waals surface area contributed by atoms with Gasteiger partial charge < -0.3 is 24.0 Å². The zero-order valence-corrected chi connectivity index (χ0v) is 15.2. The van der Waals surface area contributed by atoms with E-state index in [4.69, 9.17) is 14.2 Å². The molecule has 140 valence electrons. The quantitative estimate of drug-likeness (QED) is 0.660. The van der Waals surface area contributed by atoms with Crippen LogP contribution >= 0.6 is 0 Å². The molecule has 8 heteroatoms. The lowest BCUT2D eigenvalue weighted by Gasteiger charge is -2.37. The molecular formula is C17H26N2O6. The highest BCUT2D eigenvalue weighted by atomic mass is 16.6. The van der Waals surface area contributed by atoms with Crippen LogP contribution in [0.25, 0.3) is 0 Å². The summed E-state index contributed by atoms with van der Waals surface area (Å²) in [5.41, 5.74) is -1.49. The molecule has 3 saturated heterocycles. The van der Waals surface area contributed by atoms with Gasteiger partial charge in [-0.3, -0.25) is 4.79 Å². The van der Waals surface area contributed by atoms with E-state index in [-0.39, 0.29) is 18.2 Å². The van der Waals surface area contributed by atoms with E-state index in [9.17, 15) is 14.4 Å². The summed E-state index contributed by atoms with van der Waals surface area (Å²) in [7, 11) is 1.33. The minimum Gasteiger partial charge on any atom is -0.467 e. The van der Waals surface area contributed by atoms with Gasteiger partial charge in [-0.15, -0.1) is 0 Å². The van der Waals surface area contributed by atoms with Crippen molar-refractivity contribution in [1.29, 1.82) is 0 Å². The molecule has 0 aliphatic carbocycles. The number of rotatable bonds is 1. The molecule has 0 aromatic rings. The van der Waals surface area contributed by atoms with Crippen molar-refractivity contribution < 1.29 is 28.6 Å². The Bertz CT molecular complexity index is 576. The zero-order chi connectivity index (χ0) is 18.4. The van der Waals surface area contributed by atoms with Crippen molar-refractivity contribution in [2.24, 2.45) is 0 Å². The van der Waals surface area contributed by atoms with Crippen molar-refractivity contribution >= 4 is 18.0 Å². The summed E-state index contributed by atoms with van der Waals surface area (Å²) < 4.78 is 16.3. The molecule has 8 nitrogen and oxygen atoms in total. The fraction of sp³-hybridized carbons (Fsp3) is 0.824. The van der Waals surface area contributed by atoms with E-state index in [0.717, 1.165) is 0 Å². The van der Waals surface area contributed by atoms with Gasteiger partial charge in [-0.05, 0) is 33.6 Å². The van der Waals surface area contributed by atoms with Crippen LogP contribution in [-0.4, -0.2) is 71.4 Å². The minimum absolute atomic E-state index is 0.158. The lowest BCUT2D eigenvalue weighted by Crippen LogP contribution is -2.53. The van der Waals surface area contributed by atoms with Crippen LogP contribution in [0.3, 0.4) is 0 Å². The molecule has 3 aliphatic rings. The van der Waals surface area contributed by atoms with Gasteiger partial charge in [0.2, 0.25) is 0 Å². The van der Waals surface area contributed by atoms with Gasteiger partial charge >= 0.3 is 12.1 Å². The average Bonchev–Trinajstić information content (AvgIpc) is 3.05. The fourth-order valence-corrected chi connectivity index (χ4v) is 3.79. The molecule has 3 heterocycles. The second-order valence-corrected chi connectivity index (χ2v) is 7.86. The number of piperidine rings is 1. The maximum absolute atomic E-state index is 13.0. The second kappa shape index (κ2) is 6.16. The molecule has 0 N–H and O–H groups in total. The van der Waals surface area contributed by atoms with E-state index in [2.05, 4.69) is 0 Å². The van der Waals surface area contributed by atoms with Crippen molar-refractivity contribution in [3.05, 3.63) is 0 Å². The van der Waals surface area contributed by atoms with Crippen LogP contribution in [0.2, 0.25) is 0 Å². The molecule has 3 rings (SSSR count). The lowest BCUT2D eigenvalue weighted by molar-refractivity contribution is -0.152. The Morgan fingerprint density at radius 2 is 1.84 bits per heavy atom. The standard InChI is InChI=1S/C17H26N2O6/c1-16(2,3)25-15(22)18-9-7-17(8-10-18)14(21)19-11(13(20)23-4)5-6-12(19)24-17/h11-12H,5-10H2,1-4H3. The molecule has 3 aliphatic heterocycles. The maximum Gasteiger partial charge on any atom is 0.410 e. The van der Waals surface area contributed by atoms with Crippen LogP contribution in [-0.2, 0) is 23.8 Å². The predicted octanol–water partition coefficient (Wildman–Crippen LogP) is 1.28. The van der Waals surface area contributed by atoms with Gasteiger partial charge in [-0.1, -0.05) is 0 Å². The molecule has 2 amide bonds. The van der Waals surface area contributed by atoms with Crippen LogP contribution in [0, 0.1) is 0 Å². The molecule has 0 bridgehead atoms. The Morgan fingerprint density at radius 1 is 1.20 bits per heavy atom. The number of amides is 2. The molecule has 2 unspecified atom stereocenters. The van der Waals surface area contributed by atoms with Gasteiger partial charge in [0.05, 0.1) is 7.11 Å². The van der Waals surface area contributed by atoms with Crippen molar-refractivity contribution in [3.63, 3.8) is 0 Å². The van der Waals surface area contributed by atoms with Crippen LogP contribution in [0.15, 0.2) is 0 Å². The third-order valence-corrected chi connectivity index (χ3v) is 5.02. The van der Waals surface area contributed by atoms with Crippen LogP contribution < -0.4 is 0 Å². The Labute approximate surface area is 147 Å². The average molecular weight is 354 g/mol. The lowest BCUT2D eigenvalue weighted by atomic mass is 9.90. The molecule has 2 atom stereocenters. The highest BCUT2D eigenvalue weighted by Gasteiger charge is 2.59. The maximum atomic E-state index is 13.0. The van der Waals surface area contributed by atoms with Crippen LogP contribution in [0.1, 0.15) is 46.5 Å². The third kappa shape index (κ3) is 3.19. The SMILES string of the molecule is COC(=O)C1CCC2OC3(CCN(C(=O)OC(C)(C)C)CC3)C(=O)N21. The summed E-state index contributed by atoms with van der Waals surface area (Å²) >= 11 is 0. The van der Waals surface area contributed by atoms with Crippen molar-refractivity contribution in [3.8, 4) is 0 Å². The van der Waals surface area contributed by atoms with Crippen LogP contribution in [0.5, 0.6) is 0 Å². The summed E-state index contributed by atoms with van der Waals surface area (Å²) in [4.78, 5) is 40.2. The van der Waals surface area contributed by atoms with Crippen molar-refractivity contribution in [2.75, 3.05) is 20.2 Å². The Kier molecular flexibility index (Phi) is 4.43.